The Kier molecular flexibility index (Phi) is 5.60. The number of rotatable bonds is 3. The molecule has 1 aromatic rings. The Morgan fingerprint density at radius 3 is 3.15 bits per heavy atom. The molecule has 1 atom stereocenters. The summed E-state index contributed by atoms with van der Waals surface area (Å²) >= 11 is 0. The molecule has 1 unspecified atom stereocenters. The van der Waals surface area contributed by atoms with Crippen LogP contribution in [-0.2, 0) is 16.1 Å². The summed E-state index contributed by atoms with van der Waals surface area (Å²) in [5.74, 6) is 5.87. The molecule has 0 spiro atoms. The Morgan fingerprint density at radius 2 is 2.40 bits per heavy atom. The van der Waals surface area contributed by atoms with Crippen LogP contribution in [0, 0.1) is 17.8 Å². The molecule has 4 nitrogen and oxygen atoms in total. The second-order valence-electron chi connectivity index (χ2n) is 4.84. The molecule has 1 heterocycles. The number of benzene rings is 1. The molecule has 1 saturated heterocycles. The third-order valence-electron chi connectivity index (χ3n) is 3.26. The lowest BCUT2D eigenvalue weighted by Crippen LogP contribution is -2.35. The van der Waals surface area contributed by atoms with E-state index in [1.165, 1.54) is 0 Å². The summed E-state index contributed by atoms with van der Waals surface area (Å²) in [7, 11) is 0. The molecule has 2 rings (SSSR count). The molecule has 0 radical (unpaired) electrons. The first-order chi connectivity index (χ1) is 9.79. The number of ether oxygens (including phenoxy) is 1. The minimum atomic E-state index is -0.0102. The van der Waals surface area contributed by atoms with Crippen molar-refractivity contribution in [3.63, 3.8) is 0 Å². The van der Waals surface area contributed by atoms with Crippen LogP contribution in [0.15, 0.2) is 24.3 Å². The lowest BCUT2D eigenvalue weighted by atomic mass is 10.0. The maximum absolute atomic E-state index is 12.0. The highest BCUT2D eigenvalue weighted by Crippen LogP contribution is 2.13. The predicted octanol–water partition coefficient (Wildman–Crippen LogP) is 1.04. The number of nitrogens with one attached hydrogen (secondary N) is 1. The van der Waals surface area contributed by atoms with E-state index in [9.17, 15) is 4.79 Å². The minimum Gasteiger partial charge on any atom is -0.381 e. The van der Waals surface area contributed by atoms with Crippen molar-refractivity contribution in [1.82, 2.24) is 5.32 Å². The van der Waals surface area contributed by atoms with Gasteiger partial charge in [-0.15, -0.1) is 0 Å². The molecular formula is C16H20N2O2. The van der Waals surface area contributed by atoms with Crippen molar-refractivity contribution in [2.45, 2.75) is 19.4 Å². The van der Waals surface area contributed by atoms with Crippen LogP contribution < -0.4 is 11.1 Å². The van der Waals surface area contributed by atoms with Gasteiger partial charge in [0.1, 0.15) is 0 Å². The number of hydrogen-bond donors (Lipinski definition) is 2. The van der Waals surface area contributed by atoms with Gasteiger partial charge >= 0.3 is 0 Å². The van der Waals surface area contributed by atoms with Crippen molar-refractivity contribution in [3.05, 3.63) is 35.4 Å². The molecule has 106 valence electrons. The van der Waals surface area contributed by atoms with Gasteiger partial charge in [0, 0.05) is 18.7 Å². The van der Waals surface area contributed by atoms with Crippen LogP contribution in [0.4, 0.5) is 0 Å². The molecular weight excluding hydrogens is 252 g/mol. The van der Waals surface area contributed by atoms with Gasteiger partial charge in [-0.2, -0.15) is 0 Å². The van der Waals surface area contributed by atoms with Crippen LogP contribution in [0.3, 0.4) is 0 Å². The zero-order chi connectivity index (χ0) is 14.2. The highest BCUT2D eigenvalue weighted by molar-refractivity contribution is 5.78. The fourth-order valence-electron chi connectivity index (χ4n) is 2.19. The Bertz CT molecular complexity index is 511. The van der Waals surface area contributed by atoms with E-state index in [0.29, 0.717) is 19.7 Å². The Labute approximate surface area is 119 Å². The van der Waals surface area contributed by atoms with E-state index in [2.05, 4.69) is 17.2 Å². The molecule has 20 heavy (non-hydrogen) atoms. The number of hydrogen-bond acceptors (Lipinski definition) is 3. The molecule has 3 N–H and O–H groups in total. The molecule has 0 bridgehead atoms. The topological polar surface area (TPSA) is 64.3 Å². The minimum absolute atomic E-state index is 0.0102. The van der Waals surface area contributed by atoms with Crippen LogP contribution in [0.1, 0.15) is 24.0 Å². The molecule has 1 aliphatic heterocycles. The molecule has 1 aliphatic rings. The first-order valence-electron chi connectivity index (χ1n) is 6.93. The van der Waals surface area contributed by atoms with E-state index >= 15 is 0 Å². The van der Waals surface area contributed by atoms with Gasteiger partial charge in [0.15, 0.2) is 0 Å². The van der Waals surface area contributed by atoms with E-state index in [4.69, 9.17) is 10.5 Å². The third-order valence-corrected chi connectivity index (χ3v) is 3.26. The second kappa shape index (κ2) is 7.68. The summed E-state index contributed by atoms with van der Waals surface area (Å²) in [5.41, 5.74) is 7.31. The van der Waals surface area contributed by atoms with Crippen LogP contribution in [0.5, 0.6) is 0 Å². The molecule has 0 saturated carbocycles. The summed E-state index contributed by atoms with van der Waals surface area (Å²) in [6.07, 6.45) is 1.87. The standard InChI is InChI=1S/C16H20N2O2/c17-8-2-6-13-4-1-5-14(10-13)11-18-16(19)15-7-3-9-20-12-15/h1,4-5,10,15H,3,7-9,11-12,17H2,(H,18,19). The summed E-state index contributed by atoms with van der Waals surface area (Å²) in [4.78, 5) is 12.0. The average molecular weight is 272 g/mol. The highest BCUT2D eigenvalue weighted by atomic mass is 16.5. The van der Waals surface area contributed by atoms with Crippen molar-refractivity contribution in [3.8, 4) is 11.8 Å². The van der Waals surface area contributed by atoms with Crippen molar-refractivity contribution in [2.24, 2.45) is 11.7 Å². The zero-order valence-corrected chi connectivity index (χ0v) is 11.5. The van der Waals surface area contributed by atoms with Gasteiger partial charge in [0.2, 0.25) is 5.91 Å². The van der Waals surface area contributed by atoms with E-state index in [1.807, 2.05) is 24.3 Å². The molecule has 0 aromatic heterocycles. The van der Waals surface area contributed by atoms with Gasteiger partial charge in [0.25, 0.3) is 0 Å². The first-order valence-corrected chi connectivity index (χ1v) is 6.93. The van der Waals surface area contributed by atoms with Crippen molar-refractivity contribution in [2.75, 3.05) is 19.8 Å². The highest BCUT2D eigenvalue weighted by Gasteiger charge is 2.21. The van der Waals surface area contributed by atoms with E-state index in [1.54, 1.807) is 0 Å². The summed E-state index contributed by atoms with van der Waals surface area (Å²) in [5, 5.41) is 2.96. The summed E-state index contributed by atoms with van der Waals surface area (Å²) in [6, 6.07) is 7.82. The van der Waals surface area contributed by atoms with Crippen LogP contribution >= 0.6 is 0 Å². The Balaban J connectivity index is 1.88. The fourth-order valence-corrected chi connectivity index (χ4v) is 2.19. The van der Waals surface area contributed by atoms with Gasteiger partial charge in [-0.1, -0.05) is 24.0 Å². The lowest BCUT2D eigenvalue weighted by Gasteiger charge is -2.21. The molecule has 1 amide bonds. The van der Waals surface area contributed by atoms with Crippen molar-refractivity contribution >= 4 is 5.91 Å². The summed E-state index contributed by atoms with van der Waals surface area (Å²) in [6.45, 7) is 2.18. The number of nitrogens with two attached hydrogens (primary N) is 1. The van der Waals surface area contributed by atoms with Gasteiger partial charge in [-0.25, -0.2) is 0 Å². The quantitative estimate of drug-likeness (QED) is 0.808. The SMILES string of the molecule is NCC#Cc1cccc(CNC(=O)C2CCCOC2)c1. The molecule has 0 aliphatic carbocycles. The van der Waals surface area contributed by atoms with Gasteiger partial charge in [-0.05, 0) is 30.5 Å². The van der Waals surface area contributed by atoms with E-state index in [0.717, 1.165) is 30.6 Å². The monoisotopic (exact) mass is 272 g/mol. The maximum Gasteiger partial charge on any atom is 0.225 e. The largest absolute Gasteiger partial charge is 0.381 e. The van der Waals surface area contributed by atoms with Crippen LogP contribution in [0.25, 0.3) is 0 Å². The fraction of sp³-hybridized carbons (Fsp3) is 0.438. The molecule has 1 fully saturated rings. The second-order valence-corrected chi connectivity index (χ2v) is 4.84. The molecule has 4 heteroatoms. The zero-order valence-electron chi connectivity index (χ0n) is 11.5. The Hall–Kier alpha value is -1.83. The van der Waals surface area contributed by atoms with Crippen molar-refractivity contribution in [1.29, 1.82) is 0 Å². The van der Waals surface area contributed by atoms with Gasteiger partial charge in [0.05, 0.1) is 19.1 Å². The van der Waals surface area contributed by atoms with Gasteiger partial charge < -0.3 is 15.8 Å². The maximum atomic E-state index is 12.0. The van der Waals surface area contributed by atoms with E-state index < -0.39 is 0 Å². The average Bonchev–Trinajstić information content (AvgIpc) is 2.52. The van der Waals surface area contributed by atoms with Gasteiger partial charge in [-0.3, -0.25) is 4.79 Å². The number of carbonyl (C=O) groups is 1. The lowest BCUT2D eigenvalue weighted by molar-refractivity contribution is -0.129. The smallest absolute Gasteiger partial charge is 0.225 e. The number of carbonyl (C=O) groups excluding carboxylic acids is 1. The van der Waals surface area contributed by atoms with E-state index in [-0.39, 0.29) is 11.8 Å². The Morgan fingerprint density at radius 1 is 1.50 bits per heavy atom. The third kappa shape index (κ3) is 4.37. The van der Waals surface area contributed by atoms with Crippen LogP contribution in [-0.4, -0.2) is 25.7 Å². The predicted molar refractivity (Wildman–Crippen MR) is 77.8 cm³/mol. The van der Waals surface area contributed by atoms with Crippen molar-refractivity contribution < 1.29 is 9.53 Å². The first kappa shape index (κ1) is 14.6. The normalized spacial score (nSPS) is 17.9. The van der Waals surface area contributed by atoms with Crippen LogP contribution in [0.2, 0.25) is 0 Å². The molecule has 1 aromatic carbocycles. The number of amides is 1. The summed E-state index contributed by atoms with van der Waals surface area (Å²) < 4.78 is 5.33.